The van der Waals surface area contributed by atoms with Crippen LogP contribution in [-0.4, -0.2) is 71.6 Å². The number of benzene rings is 2. The summed E-state index contributed by atoms with van der Waals surface area (Å²) in [5.41, 5.74) is 0.859. The van der Waals surface area contributed by atoms with Gasteiger partial charge in [-0.15, -0.1) is 0 Å². The van der Waals surface area contributed by atoms with Crippen molar-refractivity contribution in [1.29, 1.82) is 0 Å². The third-order valence-electron chi connectivity index (χ3n) is 6.01. The van der Waals surface area contributed by atoms with E-state index < -0.39 is 12.0 Å². The van der Waals surface area contributed by atoms with Crippen LogP contribution in [0.5, 0.6) is 5.75 Å². The zero-order chi connectivity index (χ0) is 26.9. The van der Waals surface area contributed by atoms with Gasteiger partial charge < -0.3 is 19.3 Å². The predicted molar refractivity (Wildman–Crippen MR) is 143 cm³/mol. The summed E-state index contributed by atoms with van der Waals surface area (Å²) in [5, 5.41) is 0.471. The van der Waals surface area contributed by atoms with Gasteiger partial charge in [0.05, 0.1) is 42.3 Å². The monoisotopic (exact) mass is 508 g/mol. The Kier molecular flexibility index (Phi) is 9.79. The molecule has 0 bridgehead atoms. The number of para-hydroxylation sites is 3. The van der Waals surface area contributed by atoms with Gasteiger partial charge in [0.15, 0.2) is 0 Å². The van der Waals surface area contributed by atoms with E-state index in [9.17, 15) is 14.4 Å². The molecule has 0 radical (unpaired) electrons. The molecular formula is C28H36N4O5. The number of ether oxygens (including phenoxy) is 2. The summed E-state index contributed by atoms with van der Waals surface area (Å²) < 4.78 is 12.4. The highest BCUT2D eigenvalue weighted by Crippen LogP contribution is 2.28. The molecule has 3 aromatic rings. The van der Waals surface area contributed by atoms with E-state index in [4.69, 9.17) is 14.5 Å². The van der Waals surface area contributed by atoms with Crippen LogP contribution in [0.15, 0.2) is 53.3 Å². The number of esters is 1. The zero-order valence-corrected chi connectivity index (χ0v) is 22.3. The number of fused-ring (bicyclic) bond motifs is 1. The molecule has 0 saturated heterocycles. The number of nitrogens with zero attached hydrogens (tertiary/aromatic N) is 4. The fourth-order valence-electron chi connectivity index (χ4n) is 4.15. The lowest BCUT2D eigenvalue weighted by Crippen LogP contribution is -2.41. The number of hydrogen-bond donors (Lipinski definition) is 0. The second-order valence-electron chi connectivity index (χ2n) is 8.90. The topological polar surface area (TPSA) is 94.0 Å². The van der Waals surface area contributed by atoms with Gasteiger partial charge in [0, 0.05) is 19.5 Å². The largest absolute Gasteiger partial charge is 0.492 e. The summed E-state index contributed by atoms with van der Waals surface area (Å²) in [5.74, 6) is 0.335. The van der Waals surface area contributed by atoms with E-state index in [-0.39, 0.29) is 30.9 Å². The van der Waals surface area contributed by atoms with Gasteiger partial charge in [-0.2, -0.15) is 0 Å². The second kappa shape index (κ2) is 13.0. The molecule has 1 unspecified atom stereocenters. The van der Waals surface area contributed by atoms with Crippen LogP contribution < -0.4 is 10.3 Å². The van der Waals surface area contributed by atoms with E-state index in [1.54, 1.807) is 34.6 Å². The van der Waals surface area contributed by atoms with Crippen LogP contribution in [-0.2, 0) is 14.3 Å². The number of aromatic nitrogens is 2. The molecule has 1 amide bonds. The number of carbonyl (C=O) groups excluding carboxylic acids is 2. The molecule has 0 N–H and O–H groups in total. The number of likely N-dealkylation sites (N-methyl/N-ethyl adjacent to an activating group) is 1. The molecule has 0 aliphatic rings. The Bertz CT molecular complexity index is 1290. The molecule has 0 aliphatic heterocycles. The maximum Gasteiger partial charge on any atom is 0.306 e. The first-order valence-electron chi connectivity index (χ1n) is 12.6. The van der Waals surface area contributed by atoms with Crippen LogP contribution in [0.3, 0.4) is 0 Å². The Morgan fingerprint density at radius 3 is 2.38 bits per heavy atom. The van der Waals surface area contributed by atoms with Crippen molar-refractivity contribution in [1.82, 2.24) is 19.4 Å². The lowest BCUT2D eigenvalue weighted by atomic mass is 10.1. The molecule has 0 fully saturated rings. The number of carbonyl (C=O) groups is 2. The Morgan fingerprint density at radius 2 is 1.68 bits per heavy atom. The summed E-state index contributed by atoms with van der Waals surface area (Å²) in [6.07, 6.45) is -0.00701. The minimum Gasteiger partial charge on any atom is -0.492 e. The highest BCUT2D eigenvalue weighted by molar-refractivity contribution is 5.82. The van der Waals surface area contributed by atoms with Crippen LogP contribution >= 0.6 is 0 Å². The van der Waals surface area contributed by atoms with E-state index in [0.717, 1.165) is 0 Å². The Morgan fingerprint density at radius 1 is 0.973 bits per heavy atom. The number of hydrogen-bond acceptors (Lipinski definition) is 7. The van der Waals surface area contributed by atoms with Crippen molar-refractivity contribution < 1.29 is 19.1 Å². The first kappa shape index (κ1) is 27.9. The first-order chi connectivity index (χ1) is 17.8. The SMILES string of the molecule is CCOC(=O)CCC(=O)N(CCN(C)C)C(C)c1nc2ccccc2c(=O)n1-c1ccccc1OCC. The van der Waals surface area contributed by atoms with Crippen molar-refractivity contribution >= 4 is 22.8 Å². The van der Waals surface area contributed by atoms with Gasteiger partial charge in [-0.3, -0.25) is 19.0 Å². The smallest absolute Gasteiger partial charge is 0.306 e. The summed E-state index contributed by atoms with van der Waals surface area (Å²) >= 11 is 0. The van der Waals surface area contributed by atoms with Crippen molar-refractivity contribution in [2.24, 2.45) is 0 Å². The summed E-state index contributed by atoms with van der Waals surface area (Å²) in [7, 11) is 3.85. The fraction of sp³-hybridized carbons (Fsp3) is 0.429. The van der Waals surface area contributed by atoms with Crippen LogP contribution in [0.25, 0.3) is 16.6 Å². The molecule has 37 heavy (non-hydrogen) atoms. The lowest BCUT2D eigenvalue weighted by molar-refractivity contribution is -0.146. The van der Waals surface area contributed by atoms with E-state index in [1.807, 2.05) is 63.2 Å². The van der Waals surface area contributed by atoms with E-state index in [1.165, 1.54) is 0 Å². The summed E-state index contributed by atoms with van der Waals surface area (Å²) in [6, 6.07) is 13.9. The summed E-state index contributed by atoms with van der Waals surface area (Å²) in [4.78, 5) is 47.7. The van der Waals surface area contributed by atoms with Gasteiger partial charge in [-0.05, 0) is 59.1 Å². The normalized spacial score (nSPS) is 11.9. The maximum absolute atomic E-state index is 13.9. The molecule has 1 heterocycles. The van der Waals surface area contributed by atoms with E-state index in [0.29, 0.717) is 47.9 Å². The average Bonchev–Trinajstić information content (AvgIpc) is 2.88. The molecule has 0 aliphatic carbocycles. The standard InChI is InChI=1S/C28H36N4O5/c1-6-36-24-15-11-10-14-23(24)32-27(29-22-13-9-8-12-21(22)28(32)35)20(3)31(19-18-30(4)5)25(33)16-17-26(34)37-7-2/h8-15,20H,6-7,16-19H2,1-5H3. The highest BCUT2D eigenvalue weighted by Gasteiger charge is 2.28. The Hall–Kier alpha value is -3.72. The van der Waals surface area contributed by atoms with Gasteiger partial charge in [0.1, 0.15) is 11.6 Å². The molecule has 1 aromatic heterocycles. The maximum atomic E-state index is 13.9. The molecular weight excluding hydrogens is 472 g/mol. The van der Waals surface area contributed by atoms with Crippen LogP contribution in [0.2, 0.25) is 0 Å². The van der Waals surface area contributed by atoms with Gasteiger partial charge >= 0.3 is 5.97 Å². The molecule has 3 rings (SSSR count). The van der Waals surface area contributed by atoms with Gasteiger partial charge in [0.25, 0.3) is 5.56 Å². The number of amides is 1. The number of rotatable bonds is 12. The molecule has 1 atom stereocenters. The third-order valence-corrected chi connectivity index (χ3v) is 6.01. The van der Waals surface area contributed by atoms with Gasteiger partial charge in [0.2, 0.25) is 5.91 Å². The second-order valence-corrected chi connectivity index (χ2v) is 8.90. The minimum absolute atomic E-state index is 0.00392. The first-order valence-corrected chi connectivity index (χ1v) is 12.6. The van der Waals surface area contributed by atoms with Gasteiger partial charge in [-0.25, -0.2) is 4.98 Å². The summed E-state index contributed by atoms with van der Waals surface area (Å²) in [6.45, 7) is 7.16. The quantitative estimate of drug-likeness (QED) is 0.345. The van der Waals surface area contributed by atoms with Crippen molar-refractivity contribution in [3.63, 3.8) is 0 Å². The van der Waals surface area contributed by atoms with Crippen LogP contribution in [0.1, 0.15) is 45.5 Å². The van der Waals surface area contributed by atoms with Crippen molar-refractivity contribution in [3.05, 3.63) is 64.7 Å². The Labute approximate surface area is 217 Å². The van der Waals surface area contributed by atoms with E-state index in [2.05, 4.69) is 0 Å². The molecule has 198 valence electrons. The average molecular weight is 509 g/mol. The van der Waals surface area contributed by atoms with Crippen molar-refractivity contribution in [2.45, 2.75) is 39.7 Å². The molecule has 2 aromatic carbocycles. The molecule has 9 heteroatoms. The van der Waals surface area contributed by atoms with Crippen LogP contribution in [0, 0.1) is 0 Å². The zero-order valence-electron chi connectivity index (χ0n) is 22.3. The molecule has 9 nitrogen and oxygen atoms in total. The van der Waals surface area contributed by atoms with E-state index >= 15 is 0 Å². The Balaban J connectivity index is 2.15. The predicted octanol–water partition coefficient (Wildman–Crippen LogP) is 3.58. The third kappa shape index (κ3) is 6.74. The minimum atomic E-state index is -0.568. The highest BCUT2D eigenvalue weighted by atomic mass is 16.5. The van der Waals surface area contributed by atoms with Crippen LogP contribution in [0.4, 0.5) is 0 Å². The van der Waals surface area contributed by atoms with Crippen molar-refractivity contribution in [3.8, 4) is 11.4 Å². The van der Waals surface area contributed by atoms with Gasteiger partial charge in [-0.1, -0.05) is 24.3 Å². The lowest BCUT2D eigenvalue weighted by Gasteiger charge is -2.31. The van der Waals surface area contributed by atoms with Crippen molar-refractivity contribution in [2.75, 3.05) is 40.4 Å². The fourth-order valence-corrected chi connectivity index (χ4v) is 4.15. The molecule has 0 spiro atoms. The molecule has 0 saturated carbocycles.